The first-order valence-electron chi connectivity index (χ1n) is 6.94. The van der Waals surface area contributed by atoms with Gasteiger partial charge in [0, 0.05) is 5.69 Å². The SMILES string of the molecule is N#CCOc1ccc(NC(=O)Cc2ccc(C(F)(F)F)cc2)cc1. The average molecular weight is 334 g/mol. The number of nitriles is 1. The summed E-state index contributed by atoms with van der Waals surface area (Å²) in [6.07, 6.45) is -4.43. The molecule has 0 bridgehead atoms. The van der Waals surface area contributed by atoms with Crippen LogP contribution in [0.25, 0.3) is 0 Å². The molecule has 0 fully saturated rings. The van der Waals surface area contributed by atoms with Crippen LogP contribution in [-0.2, 0) is 17.4 Å². The molecule has 2 rings (SSSR count). The molecule has 0 aliphatic heterocycles. The molecule has 0 aliphatic rings. The molecule has 7 heteroatoms. The number of amides is 1. The van der Waals surface area contributed by atoms with Crippen LogP contribution in [0.1, 0.15) is 11.1 Å². The van der Waals surface area contributed by atoms with Gasteiger partial charge in [0.2, 0.25) is 5.91 Å². The number of rotatable bonds is 5. The Morgan fingerprint density at radius 2 is 1.71 bits per heavy atom. The Bertz CT molecular complexity index is 732. The van der Waals surface area contributed by atoms with Crippen LogP contribution in [0.3, 0.4) is 0 Å². The average Bonchev–Trinajstić information content (AvgIpc) is 2.54. The third kappa shape index (κ3) is 5.02. The van der Waals surface area contributed by atoms with E-state index in [1.807, 2.05) is 6.07 Å². The summed E-state index contributed by atoms with van der Waals surface area (Å²) in [5.74, 6) is 0.151. The number of anilines is 1. The predicted molar refractivity (Wildman–Crippen MR) is 81.3 cm³/mol. The maximum Gasteiger partial charge on any atom is 0.416 e. The quantitative estimate of drug-likeness (QED) is 0.905. The van der Waals surface area contributed by atoms with Crippen molar-refractivity contribution in [3.05, 3.63) is 59.7 Å². The number of alkyl halides is 3. The molecule has 0 aromatic heterocycles. The summed E-state index contributed by atoms with van der Waals surface area (Å²) in [7, 11) is 0. The number of benzene rings is 2. The number of carbonyl (C=O) groups excluding carboxylic acids is 1. The second-order valence-electron chi connectivity index (χ2n) is 4.89. The third-order valence-corrected chi connectivity index (χ3v) is 3.09. The molecule has 124 valence electrons. The van der Waals surface area contributed by atoms with E-state index in [1.54, 1.807) is 24.3 Å². The van der Waals surface area contributed by atoms with Gasteiger partial charge in [0.15, 0.2) is 6.61 Å². The topological polar surface area (TPSA) is 62.1 Å². The highest BCUT2D eigenvalue weighted by molar-refractivity contribution is 5.92. The van der Waals surface area contributed by atoms with Crippen LogP contribution in [0.4, 0.5) is 18.9 Å². The van der Waals surface area contributed by atoms with Crippen molar-refractivity contribution in [3.63, 3.8) is 0 Å². The normalized spacial score (nSPS) is 10.8. The van der Waals surface area contributed by atoms with Crippen molar-refractivity contribution in [3.8, 4) is 11.8 Å². The zero-order valence-electron chi connectivity index (χ0n) is 12.4. The second kappa shape index (κ2) is 7.51. The third-order valence-electron chi connectivity index (χ3n) is 3.09. The number of nitrogens with zero attached hydrogens (tertiary/aromatic N) is 1. The molecule has 2 aromatic carbocycles. The molecule has 0 unspecified atom stereocenters. The van der Waals surface area contributed by atoms with E-state index >= 15 is 0 Å². The van der Waals surface area contributed by atoms with Crippen LogP contribution in [0.15, 0.2) is 48.5 Å². The molecule has 0 radical (unpaired) electrons. The molecular formula is C17H13F3N2O2. The number of carbonyl (C=O) groups is 1. The highest BCUT2D eigenvalue weighted by atomic mass is 19.4. The molecule has 1 N–H and O–H groups in total. The van der Waals surface area contributed by atoms with Crippen LogP contribution < -0.4 is 10.1 Å². The minimum atomic E-state index is -4.39. The summed E-state index contributed by atoms with van der Waals surface area (Å²) in [6.45, 7) is -0.0698. The molecule has 0 aliphatic carbocycles. The largest absolute Gasteiger partial charge is 0.479 e. The van der Waals surface area contributed by atoms with E-state index in [4.69, 9.17) is 10.00 Å². The summed E-state index contributed by atoms with van der Waals surface area (Å²) >= 11 is 0. The predicted octanol–water partition coefficient (Wildman–Crippen LogP) is 3.79. The smallest absolute Gasteiger partial charge is 0.416 e. The molecule has 0 saturated heterocycles. The monoisotopic (exact) mass is 334 g/mol. The van der Waals surface area contributed by atoms with E-state index < -0.39 is 11.7 Å². The van der Waals surface area contributed by atoms with Crippen LogP contribution in [0.5, 0.6) is 5.75 Å². The number of halogens is 3. The zero-order chi connectivity index (χ0) is 17.6. The van der Waals surface area contributed by atoms with Gasteiger partial charge in [-0.3, -0.25) is 4.79 Å². The van der Waals surface area contributed by atoms with E-state index in [0.29, 0.717) is 17.0 Å². The van der Waals surface area contributed by atoms with Crippen molar-refractivity contribution < 1.29 is 22.7 Å². The van der Waals surface area contributed by atoms with E-state index in [-0.39, 0.29) is 18.9 Å². The van der Waals surface area contributed by atoms with Gasteiger partial charge in [-0.25, -0.2) is 0 Å². The van der Waals surface area contributed by atoms with E-state index in [0.717, 1.165) is 12.1 Å². The van der Waals surface area contributed by atoms with E-state index in [2.05, 4.69) is 5.32 Å². The first kappa shape index (κ1) is 17.3. The summed E-state index contributed by atoms with van der Waals surface area (Å²) < 4.78 is 42.5. The summed E-state index contributed by atoms with van der Waals surface area (Å²) in [6, 6.07) is 12.7. The number of hydrogen-bond acceptors (Lipinski definition) is 3. The Morgan fingerprint density at radius 3 is 2.25 bits per heavy atom. The molecule has 0 spiro atoms. The van der Waals surface area contributed by atoms with Crippen LogP contribution >= 0.6 is 0 Å². The van der Waals surface area contributed by atoms with Gasteiger partial charge in [-0.05, 0) is 42.0 Å². The molecule has 24 heavy (non-hydrogen) atoms. The zero-order valence-corrected chi connectivity index (χ0v) is 12.4. The minimum absolute atomic E-state index is 0.0369. The van der Waals surface area contributed by atoms with Crippen molar-refractivity contribution in [2.75, 3.05) is 11.9 Å². The van der Waals surface area contributed by atoms with Gasteiger partial charge < -0.3 is 10.1 Å². The van der Waals surface area contributed by atoms with Gasteiger partial charge in [0.05, 0.1) is 12.0 Å². The maximum absolute atomic E-state index is 12.5. The lowest BCUT2D eigenvalue weighted by Gasteiger charge is -2.09. The summed E-state index contributed by atoms with van der Waals surface area (Å²) in [4.78, 5) is 11.9. The minimum Gasteiger partial charge on any atom is -0.479 e. The first-order chi connectivity index (χ1) is 11.4. The van der Waals surface area contributed by atoms with E-state index in [9.17, 15) is 18.0 Å². The van der Waals surface area contributed by atoms with Gasteiger partial charge in [-0.1, -0.05) is 12.1 Å². The number of hydrogen-bond donors (Lipinski definition) is 1. The summed E-state index contributed by atoms with van der Waals surface area (Å²) in [5, 5.41) is 11.0. The van der Waals surface area contributed by atoms with Crippen LogP contribution in [0.2, 0.25) is 0 Å². The standard InChI is InChI=1S/C17H13F3N2O2/c18-17(19,20)13-3-1-12(2-4-13)11-16(23)22-14-5-7-15(8-6-14)24-10-9-21/h1-8H,10-11H2,(H,22,23). The van der Waals surface area contributed by atoms with Crippen molar-refractivity contribution in [2.45, 2.75) is 12.6 Å². The Hall–Kier alpha value is -3.01. The highest BCUT2D eigenvalue weighted by Crippen LogP contribution is 2.29. The molecule has 4 nitrogen and oxygen atoms in total. The van der Waals surface area contributed by atoms with Crippen molar-refractivity contribution in [1.29, 1.82) is 5.26 Å². The summed E-state index contributed by atoms with van der Waals surface area (Å²) in [5.41, 5.74) is 0.255. The fourth-order valence-electron chi connectivity index (χ4n) is 1.95. The van der Waals surface area contributed by atoms with E-state index in [1.165, 1.54) is 12.1 Å². The van der Waals surface area contributed by atoms with Crippen molar-refractivity contribution >= 4 is 11.6 Å². The van der Waals surface area contributed by atoms with Gasteiger partial charge >= 0.3 is 6.18 Å². The molecule has 0 saturated carbocycles. The lowest BCUT2D eigenvalue weighted by molar-refractivity contribution is -0.137. The Morgan fingerprint density at radius 1 is 1.08 bits per heavy atom. The lowest BCUT2D eigenvalue weighted by Crippen LogP contribution is -2.14. The fourth-order valence-corrected chi connectivity index (χ4v) is 1.95. The fraction of sp³-hybridized carbons (Fsp3) is 0.176. The second-order valence-corrected chi connectivity index (χ2v) is 4.89. The molecule has 0 atom stereocenters. The van der Waals surface area contributed by atoms with Gasteiger partial charge in [0.25, 0.3) is 0 Å². The van der Waals surface area contributed by atoms with Crippen molar-refractivity contribution in [1.82, 2.24) is 0 Å². The molecule has 1 amide bonds. The maximum atomic E-state index is 12.5. The first-order valence-corrected chi connectivity index (χ1v) is 6.94. The van der Waals surface area contributed by atoms with Crippen molar-refractivity contribution in [2.24, 2.45) is 0 Å². The molecule has 0 heterocycles. The molecular weight excluding hydrogens is 321 g/mol. The Balaban J connectivity index is 1.92. The molecule has 2 aromatic rings. The van der Waals surface area contributed by atoms with Gasteiger partial charge in [-0.2, -0.15) is 18.4 Å². The van der Waals surface area contributed by atoms with Gasteiger partial charge in [-0.15, -0.1) is 0 Å². The number of ether oxygens (including phenoxy) is 1. The van der Waals surface area contributed by atoms with Crippen LogP contribution in [0, 0.1) is 11.3 Å². The van der Waals surface area contributed by atoms with Crippen LogP contribution in [-0.4, -0.2) is 12.5 Å². The highest BCUT2D eigenvalue weighted by Gasteiger charge is 2.29. The Kier molecular flexibility index (Phi) is 5.42. The van der Waals surface area contributed by atoms with Gasteiger partial charge in [0.1, 0.15) is 11.8 Å². The Labute approximate surface area is 136 Å². The number of nitrogens with one attached hydrogen (secondary N) is 1. The lowest BCUT2D eigenvalue weighted by atomic mass is 10.1.